The third-order valence-electron chi connectivity index (χ3n) is 12.7. The summed E-state index contributed by atoms with van der Waals surface area (Å²) in [5.41, 5.74) is 0. The van der Waals surface area contributed by atoms with Crippen LogP contribution in [0.3, 0.4) is 0 Å². The van der Waals surface area contributed by atoms with E-state index in [4.69, 9.17) is 23.3 Å². The second-order valence-electron chi connectivity index (χ2n) is 19.8. The van der Waals surface area contributed by atoms with Gasteiger partial charge in [-0.05, 0) is 96.3 Å². The van der Waals surface area contributed by atoms with Crippen molar-refractivity contribution in [1.82, 2.24) is 0 Å². The minimum atomic E-state index is -4.75. The van der Waals surface area contributed by atoms with Crippen LogP contribution in [0.1, 0.15) is 278 Å². The molecule has 0 aliphatic heterocycles. The van der Waals surface area contributed by atoms with Crippen LogP contribution in [0.15, 0.2) is 48.6 Å². The normalized spacial score (nSPS) is 13.7. The van der Waals surface area contributed by atoms with E-state index < -0.39 is 57.8 Å². The molecular formula is C60H109O11P. The standard InChI is InChI=1S/C60H109O11P/c1-4-7-10-13-16-19-22-24-26-27-28-29-31-33-36-39-42-45-48-51-60(64)71-57(53-67-58(62)49-46-43-40-37-35-32-30-25-23-20-17-14-11-8-5-2)55-69-72(65,66)68-54-56(52-61)70-59(63)50-47-44-41-38-34-21-18-15-12-9-6-3/h15,17-18,20,24-26,30,56-57,61H,4-14,16,19,21-23,27-29,31-55H2,1-3H3,(H,65,66)/b18-15-,20-17-,26-24-,30-25-. The van der Waals surface area contributed by atoms with Gasteiger partial charge in [-0.15, -0.1) is 0 Å². The van der Waals surface area contributed by atoms with Gasteiger partial charge in [0, 0.05) is 19.3 Å². The topological polar surface area (TPSA) is 155 Å². The van der Waals surface area contributed by atoms with Crippen molar-refractivity contribution in [1.29, 1.82) is 0 Å². The zero-order chi connectivity index (χ0) is 52.7. The van der Waals surface area contributed by atoms with Crippen molar-refractivity contribution in [2.45, 2.75) is 290 Å². The number of aliphatic hydroxyl groups excluding tert-OH is 1. The SMILES string of the molecule is CCCC/C=C\CCCCCCCC(=O)OC(CO)COP(=O)(O)OCC(COC(=O)CCCCCCC/C=C\C/C=C\CCCCC)OC(=O)CCCCCCCCCCC/C=C\CCCCCCCC. The molecule has 72 heavy (non-hydrogen) atoms. The monoisotopic (exact) mass is 1040 g/mol. The van der Waals surface area contributed by atoms with Crippen LogP contribution in [0.4, 0.5) is 0 Å². The van der Waals surface area contributed by atoms with Crippen LogP contribution in [-0.2, 0) is 42.2 Å². The molecule has 0 heterocycles. The van der Waals surface area contributed by atoms with Crippen LogP contribution < -0.4 is 0 Å². The highest BCUT2D eigenvalue weighted by atomic mass is 31.2. The van der Waals surface area contributed by atoms with Crippen LogP contribution in [-0.4, -0.2) is 66.5 Å². The van der Waals surface area contributed by atoms with Gasteiger partial charge in [-0.2, -0.15) is 0 Å². The maximum Gasteiger partial charge on any atom is 0.472 e. The number of rotatable bonds is 55. The first-order chi connectivity index (χ1) is 35.2. The number of allylic oxidation sites excluding steroid dienone is 8. The second kappa shape index (κ2) is 54.7. The summed E-state index contributed by atoms with van der Waals surface area (Å²) in [5, 5.41) is 9.79. The van der Waals surface area contributed by atoms with Crippen LogP contribution in [0.25, 0.3) is 0 Å². The van der Waals surface area contributed by atoms with Gasteiger partial charge in [-0.3, -0.25) is 23.4 Å². The number of carbonyl (C=O) groups excluding carboxylic acids is 3. The first kappa shape index (κ1) is 69.4. The largest absolute Gasteiger partial charge is 0.472 e. The van der Waals surface area contributed by atoms with Gasteiger partial charge in [-0.1, -0.05) is 211 Å². The average Bonchev–Trinajstić information content (AvgIpc) is 3.37. The summed E-state index contributed by atoms with van der Waals surface area (Å²) >= 11 is 0. The van der Waals surface area contributed by atoms with E-state index in [0.29, 0.717) is 19.3 Å². The number of hydrogen-bond donors (Lipinski definition) is 2. The summed E-state index contributed by atoms with van der Waals surface area (Å²) < 4.78 is 39.5. The zero-order valence-corrected chi connectivity index (χ0v) is 47.3. The van der Waals surface area contributed by atoms with Crippen molar-refractivity contribution < 1.29 is 52.2 Å². The lowest BCUT2D eigenvalue weighted by Crippen LogP contribution is -2.30. The molecular weight excluding hydrogens is 928 g/mol. The molecule has 420 valence electrons. The highest BCUT2D eigenvalue weighted by molar-refractivity contribution is 7.47. The maximum atomic E-state index is 12.9. The Morgan fingerprint density at radius 1 is 0.389 bits per heavy atom. The Labute approximate surface area is 441 Å². The Bertz CT molecular complexity index is 1400. The van der Waals surface area contributed by atoms with E-state index in [9.17, 15) is 28.9 Å². The van der Waals surface area contributed by atoms with Gasteiger partial charge in [0.25, 0.3) is 0 Å². The fourth-order valence-electron chi connectivity index (χ4n) is 8.13. The minimum Gasteiger partial charge on any atom is -0.462 e. The molecule has 2 N–H and O–H groups in total. The maximum absolute atomic E-state index is 12.9. The molecule has 3 atom stereocenters. The Balaban J connectivity index is 4.72. The number of aliphatic hydroxyl groups is 1. The first-order valence-corrected chi connectivity index (χ1v) is 31.0. The van der Waals surface area contributed by atoms with Gasteiger partial charge in [0.15, 0.2) is 6.10 Å². The minimum absolute atomic E-state index is 0.163. The fourth-order valence-corrected chi connectivity index (χ4v) is 8.91. The molecule has 0 rings (SSSR count). The van der Waals surface area contributed by atoms with Gasteiger partial charge in [0.2, 0.25) is 0 Å². The van der Waals surface area contributed by atoms with Crippen molar-refractivity contribution in [3.8, 4) is 0 Å². The molecule has 12 heteroatoms. The lowest BCUT2D eigenvalue weighted by atomic mass is 10.1. The highest BCUT2D eigenvalue weighted by Gasteiger charge is 2.28. The molecule has 0 aromatic carbocycles. The average molecular weight is 1040 g/mol. The van der Waals surface area contributed by atoms with E-state index in [1.165, 1.54) is 116 Å². The smallest absolute Gasteiger partial charge is 0.462 e. The van der Waals surface area contributed by atoms with Gasteiger partial charge in [-0.25, -0.2) is 4.57 Å². The Kier molecular flexibility index (Phi) is 52.7. The van der Waals surface area contributed by atoms with Gasteiger partial charge in [0.05, 0.1) is 19.8 Å². The van der Waals surface area contributed by atoms with E-state index in [1.54, 1.807) is 0 Å². The number of carbonyl (C=O) groups is 3. The number of hydrogen-bond acceptors (Lipinski definition) is 10. The fraction of sp³-hybridized carbons (Fsp3) is 0.817. The Morgan fingerprint density at radius 3 is 1.11 bits per heavy atom. The molecule has 0 aliphatic carbocycles. The predicted octanol–water partition coefficient (Wildman–Crippen LogP) is 17.4. The van der Waals surface area contributed by atoms with E-state index >= 15 is 0 Å². The van der Waals surface area contributed by atoms with Crippen molar-refractivity contribution in [3.05, 3.63) is 48.6 Å². The van der Waals surface area contributed by atoms with Crippen LogP contribution in [0.2, 0.25) is 0 Å². The van der Waals surface area contributed by atoms with Gasteiger partial charge >= 0.3 is 25.7 Å². The molecule has 0 fully saturated rings. The lowest BCUT2D eigenvalue weighted by Gasteiger charge is -2.21. The van der Waals surface area contributed by atoms with Crippen LogP contribution in [0, 0.1) is 0 Å². The molecule has 0 aliphatic rings. The molecule has 0 saturated heterocycles. The number of esters is 3. The van der Waals surface area contributed by atoms with Crippen LogP contribution in [0.5, 0.6) is 0 Å². The first-order valence-electron chi connectivity index (χ1n) is 29.5. The molecule has 0 spiro atoms. The van der Waals surface area contributed by atoms with Crippen molar-refractivity contribution in [3.63, 3.8) is 0 Å². The molecule has 0 saturated carbocycles. The highest BCUT2D eigenvalue weighted by Crippen LogP contribution is 2.43. The Morgan fingerprint density at radius 2 is 0.694 bits per heavy atom. The third kappa shape index (κ3) is 52.3. The molecule has 11 nitrogen and oxygen atoms in total. The van der Waals surface area contributed by atoms with E-state index in [-0.39, 0.29) is 25.9 Å². The number of ether oxygens (including phenoxy) is 3. The lowest BCUT2D eigenvalue weighted by molar-refractivity contribution is -0.161. The number of phosphoric ester groups is 1. The van der Waals surface area contributed by atoms with Gasteiger partial charge < -0.3 is 24.2 Å². The van der Waals surface area contributed by atoms with E-state index in [2.05, 4.69) is 69.4 Å². The molecule has 0 aromatic heterocycles. The van der Waals surface area contributed by atoms with Crippen LogP contribution >= 0.6 is 7.82 Å². The second-order valence-corrected chi connectivity index (χ2v) is 21.3. The zero-order valence-electron chi connectivity index (χ0n) is 46.4. The summed E-state index contributed by atoms with van der Waals surface area (Å²) in [6.45, 7) is 4.57. The van der Waals surface area contributed by atoms with Crippen molar-refractivity contribution in [2.75, 3.05) is 26.4 Å². The summed E-state index contributed by atoms with van der Waals surface area (Å²) in [5.74, 6) is -1.48. The molecule has 0 bridgehead atoms. The summed E-state index contributed by atoms with van der Waals surface area (Å²) in [4.78, 5) is 48.5. The summed E-state index contributed by atoms with van der Waals surface area (Å²) in [6.07, 6.45) is 57.8. The predicted molar refractivity (Wildman–Crippen MR) is 298 cm³/mol. The number of unbranched alkanes of at least 4 members (excludes halogenated alkanes) is 30. The van der Waals surface area contributed by atoms with Crippen molar-refractivity contribution >= 4 is 25.7 Å². The van der Waals surface area contributed by atoms with Gasteiger partial charge in [0.1, 0.15) is 12.7 Å². The summed E-state index contributed by atoms with van der Waals surface area (Å²) in [6, 6.07) is 0. The third-order valence-corrected chi connectivity index (χ3v) is 13.6. The van der Waals surface area contributed by atoms with Crippen molar-refractivity contribution in [2.24, 2.45) is 0 Å². The Hall–Kier alpha value is -2.56. The molecule has 0 amide bonds. The van der Waals surface area contributed by atoms with E-state index in [1.807, 2.05) is 0 Å². The van der Waals surface area contributed by atoms with E-state index in [0.717, 1.165) is 103 Å². The summed E-state index contributed by atoms with van der Waals surface area (Å²) in [7, 11) is -4.75. The number of phosphoric acid groups is 1. The molecule has 3 unspecified atom stereocenters. The quantitative estimate of drug-likeness (QED) is 0.0197. The molecule has 0 radical (unpaired) electrons. The molecule has 0 aromatic rings.